The third-order valence-corrected chi connectivity index (χ3v) is 5.28. The molecule has 2 saturated carbocycles. The maximum Gasteiger partial charge on any atom is 0.0675 e. The topological polar surface area (TPSA) is 21.3 Å². The lowest BCUT2D eigenvalue weighted by Gasteiger charge is -2.46. The highest BCUT2D eigenvalue weighted by Gasteiger charge is 2.55. The first-order chi connectivity index (χ1) is 8.37. The SMILES string of the molecule is CCCNCC1(C2CCC2)CCOC1C1CC1. The summed E-state index contributed by atoms with van der Waals surface area (Å²) in [6.07, 6.45) is 10.4. The molecule has 3 aliphatic rings. The van der Waals surface area contributed by atoms with Gasteiger partial charge in [-0.1, -0.05) is 13.3 Å². The molecule has 3 fully saturated rings. The van der Waals surface area contributed by atoms with Crippen LogP contribution >= 0.6 is 0 Å². The second-order valence-corrected chi connectivity index (χ2v) is 6.42. The van der Waals surface area contributed by atoms with Gasteiger partial charge in [-0.2, -0.15) is 0 Å². The van der Waals surface area contributed by atoms with E-state index in [9.17, 15) is 0 Å². The second-order valence-electron chi connectivity index (χ2n) is 6.42. The fourth-order valence-corrected chi connectivity index (χ4v) is 3.94. The number of ether oxygens (including phenoxy) is 1. The predicted octanol–water partition coefficient (Wildman–Crippen LogP) is 2.97. The van der Waals surface area contributed by atoms with Gasteiger partial charge in [0.05, 0.1) is 6.10 Å². The lowest BCUT2D eigenvalue weighted by Crippen LogP contribution is -2.49. The van der Waals surface area contributed by atoms with Crippen molar-refractivity contribution in [3.63, 3.8) is 0 Å². The summed E-state index contributed by atoms with van der Waals surface area (Å²) >= 11 is 0. The van der Waals surface area contributed by atoms with Gasteiger partial charge in [0.2, 0.25) is 0 Å². The summed E-state index contributed by atoms with van der Waals surface area (Å²) in [4.78, 5) is 0. The Morgan fingerprint density at radius 2 is 2.06 bits per heavy atom. The summed E-state index contributed by atoms with van der Waals surface area (Å²) in [5, 5.41) is 3.70. The zero-order valence-corrected chi connectivity index (χ0v) is 11.2. The van der Waals surface area contributed by atoms with Gasteiger partial charge in [0.15, 0.2) is 0 Å². The normalized spacial score (nSPS) is 38.3. The van der Waals surface area contributed by atoms with Crippen LogP contribution in [0.5, 0.6) is 0 Å². The smallest absolute Gasteiger partial charge is 0.0675 e. The summed E-state index contributed by atoms with van der Waals surface area (Å²) in [5.74, 6) is 1.86. The van der Waals surface area contributed by atoms with Crippen LogP contribution in [0.4, 0.5) is 0 Å². The first kappa shape index (κ1) is 12.0. The van der Waals surface area contributed by atoms with E-state index in [0.29, 0.717) is 11.5 Å². The fourth-order valence-electron chi connectivity index (χ4n) is 3.94. The molecule has 0 aromatic rings. The summed E-state index contributed by atoms with van der Waals surface area (Å²) in [6.45, 7) is 5.66. The van der Waals surface area contributed by atoms with E-state index in [-0.39, 0.29) is 0 Å². The highest BCUT2D eigenvalue weighted by Crippen LogP contribution is 2.55. The Hall–Kier alpha value is -0.0800. The Bertz CT molecular complexity index is 260. The van der Waals surface area contributed by atoms with Crippen molar-refractivity contribution in [1.29, 1.82) is 0 Å². The Balaban J connectivity index is 1.69. The number of hydrogen-bond donors (Lipinski definition) is 1. The molecule has 0 radical (unpaired) electrons. The summed E-state index contributed by atoms with van der Waals surface area (Å²) in [5.41, 5.74) is 0.509. The molecule has 2 heteroatoms. The predicted molar refractivity (Wildman–Crippen MR) is 70.0 cm³/mol. The molecule has 0 spiro atoms. The van der Waals surface area contributed by atoms with E-state index in [4.69, 9.17) is 4.74 Å². The van der Waals surface area contributed by atoms with Crippen molar-refractivity contribution in [1.82, 2.24) is 5.32 Å². The average molecular weight is 237 g/mol. The average Bonchev–Trinajstić information content (AvgIpc) is 3.00. The first-order valence-electron chi connectivity index (χ1n) is 7.69. The van der Waals surface area contributed by atoms with Gasteiger partial charge in [0.1, 0.15) is 0 Å². The van der Waals surface area contributed by atoms with Gasteiger partial charge in [-0.15, -0.1) is 0 Å². The van der Waals surface area contributed by atoms with E-state index in [1.807, 2.05) is 0 Å². The second kappa shape index (κ2) is 4.89. The monoisotopic (exact) mass is 237 g/mol. The van der Waals surface area contributed by atoms with Crippen molar-refractivity contribution in [2.75, 3.05) is 19.7 Å². The number of rotatable bonds is 6. The summed E-state index contributed by atoms with van der Waals surface area (Å²) < 4.78 is 6.14. The van der Waals surface area contributed by atoms with Gasteiger partial charge in [-0.05, 0) is 56.9 Å². The number of hydrogen-bond acceptors (Lipinski definition) is 2. The van der Waals surface area contributed by atoms with E-state index < -0.39 is 0 Å². The quantitative estimate of drug-likeness (QED) is 0.717. The van der Waals surface area contributed by atoms with Gasteiger partial charge in [-0.3, -0.25) is 0 Å². The molecule has 3 rings (SSSR count). The van der Waals surface area contributed by atoms with Gasteiger partial charge in [-0.25, -0.2) is 0 Å². The Morgan fingerprint density at radius 1 is 1.24 bits per heavy atom. The van der Waals surface area contributed by atoms with Crippen LogP contribution in [0.2, 0.25) is 0 Å². The molecule has 0 amide bonds. The minimum atomic E-state index is 0.509. The van der Waals surface area contributed by atoms with Crippen LogP contribution in [0.3, 0.4) is 0 Å². The minimum absolute atomic E-state index is 0.509. The highest BCUT2D eigenvalue weighted by molar-refractivity contribution is 5.05. The molecule has 1 heterocycles. The largest absolute Gasteiger partial charge is 0.377 e. The maximum absolute atomic E-state index is 6.14. The molecule has 17 heavy (non-hydrogen) atoms. The maximum atomic E-state index is 6.14. The molecular formula is C15H27NO. The zero-order chi connectivity index (χ0) is 11.7. The molecule has 0 aromatic carbocycles. The summed E-state index contributed by atoms with van der Waals surface area (Å²) in [7, 11) is 0. The van der Waals surface area contributed by atoms with Crippen molar-refractivity contribution >= 4 is 0 Å². The van der Waals surface area contributed by atoms with Gasteiger partial charge >= 0.3 is 0 Å². The van der Waals surface area contributed by atoms with Crippen molar-refractivity contribution in [2.45, 2.75) is 58.0 Å². The van der Waals surface area contributed by atoms with Crippen molar-refractivity contribution in [2.24, 2.45) is 17.3 Å². The van der Waals surface area contributed by atoms with Gasteiger partial charge in [0.25, 0.3) is 0 Å². The van der Waals surface area contributed by atoms with Crippen LogP contribution in [-0.4, -0.2) is 25.8 Å². The highest BCUT2D eigenvalue weighted by atomic mass is 16.5. The molecule has 2 unspecified atom stereocenters. The van der Waals surface area contributed by atoms with Crippen molar-refractivity contribution in [3.8, 4) is 0 Å². The molecule has 0 aromatic heterocycles. The first-order valence-corrected chi connectivity index (χ1v) is 7.69. The lowest BCUT2D eigenvalue weighted by atomic mass is 9.61. The van der Waals surface area contributed by atoms with Crippen LogP contribution in [0, 0.1) is 17.3 Å². The van der Waals surface area contributed by atoms with E-state index in [2.05, 4.69) is 12.2 Å². The van der Waals surface area contributed by atoms with Gasteiger partial charge < -0.3 is 10.1 Å². The Kier molecular flexibility index (Phi) is 3.45. The molecule has 2 atom stereocenters. The Morgan fingerprint density at radius 3 is 2.65 bits per heavy atom. The third kappa shape index (κ3) is 2.15. The zero-order valence-electron chi connectivity index (χ0n) is 11.2. The third-order valence-electron chi connectivity index (χ3n) is 5.28. The van der Waals surface area contributed by atoms with Crippen molar-refractivity contribution < 1.29 is 4.74 Å². The Labute approximate surface area is 105 Å². The lowest BCUT2D eigenvalue weighted by molar-refractivity contribution is -0.0241. The van der Waals surface area contributed by atoms with E-state index >= 15 is 0 Å². The molecular weight excluding hydrogens is 210 g/mol. The summed E-state index contributed by atoms with van der Waals surface area (Å²) in [6, 6.07) is 0. The molecule has 1 N–H and O–H groups in total. The van der Waals surface area contributed by atoms with Crippen LogP contribution in [0.15, 0.2) is 0 Å². The van der Waals surface area contributed by atoms with Crippen LogP contribution in [0.1, 0.15) is 51.9 Å². The minimum Gasteiger partial charge on any atom is -0.377 e. The molecule has 1 aliphatic heterocycles. The molecule has 98 valence electrons. The number of nitrogens with one attached hydrogen (secondary N) is 1. The van der Waals surface area contributed by atoms with E-state index in [0.717, 1.165) is 18.4 Å². The van der Waals surface area contributed by atoms with E-state index in [1.54, 1.807) is 0 Å². The van der Waals surface area contributed by atoms with Crippen molar-refractivity contribution in [3.05, 3.63) is 0 Å². The van der Waals surface area contributed by atoms with Crippen LogP contribution in [-0.2, 0) is 4.74 Å². The van der Waals surface area contributed by atoms with Crippen LogP contribution < -0.4 is 5.32 Å². The standard InChI is InChI=1S/C15H27NO/c1-2-9-16-11-15(13-4-3-5-13)8-10-17-14(15)12-6-7-12/h12-14,16H,2-11H2,1H3. The molecule has 2 nitrogen and oxygen atoms in total. The fraction of sp³-hybridized carbons (Fsp3) is 1.00. The molecule has 2 aliphatic carbocycles. The molecule has 0 bridgehead atoms. The van der Waals surface area contributed by atoms with E-state index in [1.165, 1.54) is 58.0 Å². The molecule has 1 saturated heterocycles. The van der Waals surface area contributed by atoms with Crippen LogP contribution in [0.25, 0.3) is 0 Å². The van der Waals surface area contributed by atoms with Gasteiger partial charge in [0, 0.05) is 18.6 Å².